The first-order valence-electron chi connectivity index (χ1n) is 3.92. The summed E-state index contributed by atoms with van der Waals surface area (Å²) in [6.07, 6.45) is -4.76. The van der Waals surface area contributed by atoms with Gasteiger partial charge in [0, 0.05) is 15.6 Å². The molecule has 1 atom stereocenters. The molecular weight excluding hydrogens is 274 g/mol. The average Bonchev–Trinajstić information content (AvgIpc) is 2.15. The Labute approximate surface area is 92.5 Å². The van der Waals surface area contributed by atoms with Crippen molar-refractivity contribution < 1.29 is 23.8 Å². The van der Waals surface area contributed by atoms with Gasteiger partial charge in [-0.25, -0.2) is 13.6 Å². The molecular formula is C9H7BrF2O3. The molecule has 0 aliphatic carbocycles. The predicted octanol–water partition coefficient (Wildman–Crippen LogP) is 2.50. The van der Waals surface area contributed by atoms with Crippen LogP contribution < -0.4 is 0 Å². The van der Waals surface area contributed by atoms with Crippen LogP contribution in [0.1, 0.15) is 23.7 Å². The van der Waals surface area contributed by atoms with Crippen molar-refractivity contribution in [2.45, 2.75) is 12.5 Å². The molecule has 0 radical (unpaired) electrons. The Morgan fingerprint density at radius 1 is 1.33 bits per heavy atom. The van der Waals surface area contributed by atoms with E-state index in [2.05, 4.69) is 15.9 Å². The molecule has 6 heteroatoms. The second kappa shape index (κ2) is 4.67. The predicted molar refractivity (Wildman–Crippen MR) is 51.7 cm³/mol. The van der Waals surface area contributed by atoms with E-state index < -0.39 is 24.1 Å². The molecule has 0 amide bonds. The molecule has 0 aliphatic rings. The number of carboxylic acid groups (broad SMARTS) is 1. The molecule has 1 unspecified atom stereocenters. The Hall–Kier alpha value is -1.01. The van der Waals surface area contributed by atoms with Crippen LogP contribution in [0.15, 0.2) is 22.7 Å². The summed E-state index contributed by atoms with van der Waals surface area (Å²) in [5.41, 5.74) is -0.778. The van der Waals surface area contributed by atoms with Crippen LogP contribution in [0.4, 0.5) is 8.78 Å². The van der Waals surface area contributed by atoms with E-state index >= 15 is 0 Å². The van der Waals surface area contributed by atoms with Gasteiger partial charge in [-0.05, 0) is 12.1 Å². The van der Waals surface area contributed by atoms with Crippen molar-refractivity contribution in [3.8, 4) is 0 Å². The lowest BCUT2D eigenvalue weighted by Crippen LogP contribution is -2.13. The zero-order valence-corrected chi connectivity index (χ0v) is 8.91. The quantitative estimate of drug-likeness (QED) is 0.895. The van der Waals surface area contributed by atoms with Crippen molar-refractivity contribution in [1.82, 2.24) is 0 Å². The highest BCUT2D eigenvalue weighted by Gasteiger charge is 2.23. The minimum Gasteiger partial charge on any atom is -0.479 e. The Morgan fingerprint density at radius 2 is 1.93 bits per heavy atom. The van der Waals surface area contributed by atoms with E-state index in [0.29, 0.717) is 4.47 Å². The standard InChI is InChI=1S/C9H7BrF2O3/c10-4-1-2-5(8(11)12)6(3-4)7(13)9(14)15/h1-3,7-8,13H,(H,14,15). The second-order valence-electron chi connectivity index (χ2n) is 2.81. The number of aliphatic hydroxyl groups is 1. The maximum absolute atomic E-state index is 12.5. The van der Waals surface area contributed by atoms with Gasteiger partial charge < -0.3 is 10.2 Å². The van der Waals surface area contributed by atoms with Crippen LogP contribution in [0, 0.1) is 0 Å². The Balaban J connectivity index is 3.24. The number of alkyl halides is 2. The molecule has 1 aromatic rings. The summed E-state index contributed by atoms with van der Waals surface area (Å²) in [7, 11) is 0. The number of carbonyl (C=O) groups is 1. The highest BCUT2D eigenvalue weighted by Crippen LogP contribution is 2.30. The molecule has 0 bridgehead atoms. The Kier molecular flexibility index (Phi) is 3.76. The number of aliphatic hydroxyl groups excluding tert-OH is 1. The third kappa shape index (κ3) is 2.73. The van der Waals surface area contributed by atoms with E-state index in [9.17, 15) is 18.7 Å². The van der Waals surface area contributed by atoms with E-state index in [0.717, 1.165) is 6.07 Å². The van der Waals surface area contributed by atoms with Gasteiger partial charge in [0.1, 0.15) is 0 Å². The summed E-state index contributed by atoms with van der Waals surface area (Å²) >= 11 is 3.01. The van der Waals surface area contributed by atoms with E-state index in [-0.39, 0.29) is 5.56 Å². The van der Waals surface area contributed by atoms with Gasteiger partial charge in [-0.1, -0.05) is 22.0 Å². The van der Waals surface area contributed by atoms with Gasteiger partial charge in [0.2, 0.25) is 0 Å². The smallest absolute Gasteiger partial charge is 0.337 e. The molecule has 82 valence electrons. The zero-order valence-electron chi connectivity index (χ0n) is 7.32. The number of rotatable bonds is 3. The van der Waals surface area contributed by atoms with E-state index in [4.69, 9.17) is 5.11 Å². The van der Waals surface area contributed by atoms with Gasteiger partial charge in [-0.3, -0.25) is 0 Å². The normalized spacial score (nSPS) is 12.9. The fourth-order valence-electron chi connectivity index (χ4n) is 1.11. The second-order valence-corrected chi connectivity index (χ2v) is 3.73. The van der Waals surface area contributed by atoms with Crippen molar-refractivity contribution in [2.24, 2.45) is 0 Å². The Morgan fingerprint density at radius 3 is 2.40 bits per heavy atom. The summed E-state index contributed by atoms with van der Waals surface area (Å²) < 4.78 is 25.4. The lowest BCUT2D eigenvalue weighted by atomic mass is 10.0. The maximum Gasteiger partial charge on any atom is 0.337 e. The third-order valence-electron chi connectivity index (χ3n) is 1.81. The number of benzene rings is 1. The highest BCUT2D eigenvalue weighted by atomic mass is 79.9. The molecule has 0 heterocycles. The largest absolute Gasteiger partial charge is 0.479 e. The van der Waals surface area contributed by atoms with Gasteiger partial charge in [0.15, 0.2) is 6.10 Å². The van der Waals surface area contributed by atoms with Crippen LogP contribution in [-0.2, 0) is 4.79 Å². The first-order chi connectivity index (χ1) is 6.93. The molecule has 0 saturated carbocycles. The molecule has 15 heavy (non-hydrogen) atoms. The van der Waals surface area contributed by atoms with Gasteiger partial charge in [0.25, 0.3) is 6.43 Å². The topological polar surface area (TPSA) is 57.5 Å². The van der Waals surface area contributed by atoms with Crippen molar-refractivity contribution in [3.63, 3.8) is 0 Å². The number of hydrogen-bond acceptors (Lipinski definition) is 2. The molecule has 3 nitrogen and oxygen atoms in total. The highest BCUT2D eigenvalue weighted by molar-refractivity contribution is 9.10. The molecule has 1 aromatic carbocycles. The van der Waals surface area contributed by atoms with Crippen molar-refractivity contribution >= 4 is 21.9 Å². The van der Waals surface area contributed by atoms with Gasteiger partial charge in [0.05, 0.1) is 0 Å². The lowest BCUT2D eigenvalue weighted by Gasteiger charge is -2.12. The summed E-state index contributed by atoms with van der Waals surface area (Å²) in [5, 5.41) is 17.7. The van der Waals surface area contributed by atoms with Gasteiger partial charge in [-0.15, -0.1) is 0 Å². The minimum absolute atomic E-state index is 0.299. The first-order valence-corrected chi connectivity index (χ1v) is 4.71. The van der Waals surface area contributed by atoms with Crippen molar-refractivity contribution in [3.05, 3.63) is 33.8 Å². The zero-order chi connectivity index (χ0) is 11.6. The molecule has 0 aromatic heterocycles. The molecule has 0 spiro atoms. The maximum atomic E-state index is 12.5. The number of halogens is 3. The first kappa shape index (κ1) is 12.1. The summed E-state index contributed by atoms with van der Waals surface area (Å²) in [4.78, 5) is 10.5. The van der Waals surface area contributed by atoms with E-state index in [1.807, 2.05) is 0 Å². The monoisotopic (exact) mass is 280 g/mol. The van der Waals surface area contributed by atoms with E-state index in [1.54, 1.807) is 0 Å². The molecule has 2 N–H and O–H groups in total. The number of aliphatic carboxylic acids is 1. The van der Waals surface area contributed by atoms with Crippen LogP contribution in [-0.4, -0.2) is 16.2 Å². The minimum atomic E-state index is -2.82. The molecule has 0 fully saturated rings. The van der Waals surface area contributed by atoms with Crippen LogP contribution in [0.5, 0.6) is 0 Å². The van der Waals surface area contributed by atoms with Crippen LogP contribution >= 0.6 is 15.9 Å². The fraction of sp³-hybridized carbons (Fsp3) is 0.222. The SMILES string of the molecule is O=C(O)C(O)c1cc(Br)ccc1C(F)F. The van der Waals surface area contributed by atoms with E-state index in [1.165, 1.54) is 12.1 Å². The summed E-state index contributed by atoms with van der Waals surface area (Å²) in [6.45, 7) is 0. The number of hydrogen-bond donors (Lipinski definition) is 2. The number of carboxylic acids is 1. The van der Waals surface area contributed by atoms with Gasteiger partial charge >= 0.3 is 5.97 Å². The van der Waals surface area contributed by atoms with Crippen LogP contribution in [0.2, 0.25) is 0 Å². The average molecular weight is 281 g/mol. The van der Waals surface area contributed by atoms with Crippen molar-refractivity contribution in [2.75, 3.05) is 0 Å². The molecule has 0 saturated heterocycles. The van der Waals surface area contributed by atoms with Crippen molar-refractivity contribution in [1.29, 1.82) is 0 Å². The molecule has 0 aliphatic heterocycles. The summed E-state index contributed by atoms with van der Waals surface area (Å²) in [6, 6.07) is 3.61. The lowest BCUT2D eigenvalue weighted by molar-refractivity contribution is -0.147. The third-order valence-corrected chi connectivity index (χ3v) is 2.31. The van der Waals surface area contributed by atoms with Crippen LogP contribution in [0.3, 0.4) is 0 Å². The summed E-state index contributed by atoms with van der Waals surface area (Å²) in [5.74, 6) is -1.56. The Bertz CT molecular complexity index is 382. The van der Waals surface area contributed by atoms with Crippen LogP contribution in [0.25, 0.3) is 0 Å². The van der Waals surface area contributed by atoms with Gasteiger partial charge in [-0.2, -0.15) is 0 Å². The fourth-order valence-corrected chi connectivity index (χ4v) is 1.49. The molecule has 1 rings (SSSR count).